The van der Waals surface area contributed by atoms with Crippen molar-refractivity contribution < 1.29 is 50.7 Å². The fraction of sp³-hybridized carbons (Fsp3) is 0.455. The summed E-state index contributed by atoms with van der Waals surface area (Å²) in [5.74, 6) is -0.850. The highest BCUT2D eigenvalue weighted by Gasteiger charge is 2.41. The van der Waals surface area contributed by atoms with Crippen molar-refractivity contribution in [1.29, 1.82) is 0 Å². The van der Waals surface area contributed by atoms with Crippen molar-refractivity contribution in [2.45, 2.75) is 51.0 Å². The Kier molecular flexibility index (Phi) is 10.9. The number of anilines is 2. The number of aliphatic hydroxyl groups excluding tert-OH is 1. The normalized spacial score (nSPS) is 17.0. The second-order valence-electron chi connectivity index (χ2n) is 12.1. The van der Waals surface area contributed by atoms with E-state index in [4.69, 9.17) is 4.74 Å². The molecule has 2 aromatic carbocycles. The zero-order chi connectivity index (χ0) is 34.7. The van der Waals surface area contributed by atoms with Gasteiger partial charge in [0.2, 0.25) is 5.91 Å². The molecular formula is C33H38F7N4O3+. The third-order valence-corrected chi connectivity index (χ3v) is 8.40. The summed E-state index contributed by atoms with van der Waals surface area (Å²) in [6, 6.07) is 6.55. The van der Waals surface area contributed by atoms with Gasteiger partial charge < -0.3 is 25.0 Å². The van der Waals surface area contributed by atoms with E-state index in [1.165, 1.54) is 45.3 Å². The molecule has 1 aromatic heterocycles. The largest absolute Gasteiger partial charge is 0.416 e. The van der Waals surface area contributed by atoms with Crippen LogP contribution >= 0.6 is 0 Å². The molecule has 0 aliphatic carbocycles. The van der Waals surface area contributed by atoms with Gasteiger partial charge in [0.25, 0.3) is 0 Å². The Balaban J connectivity index is 1.83. The summed E-state index contributed by atoms with van der Waals surface area (Å²) >= 11 is 0. The quantitative estimate of drug-likeness (QED) is 0.347. The predicted molar refractivity (Wildman–Crippen MR) is 163 cm³/mol. The van der Waals surface area contributed by atoms with Crippen LogP contribution in [-0.4, -0.2) is 68.5 Å². The molecule has 7 nitrogen and oxygen atoms in total. The molecule has 0 radical (unpaired) electrons. The van der Waals surface area contributed by atoms with Crippen LogP contribution in [0.3, 0.4) is 0 Å². The van der Waals surface area contributed by atoms with Crippen molar-refractivity contribution in [3.8, 4) is 11.1 Å². The summed E-state index contributed by atoms with van der Waals surface area (Å²) in [6.45, 7) is 6.79. The third kappa shape index (κ3) is 8.22. The second-order valence-corrected chi connectivity index (χ2v) is 12.1. The van der Waals surface area contributed by atoms with Crippen LogP contribution < -0.4 is 15.1 Å². The molecule has 0 bridgehead atoms. The molecule has 0 spiro atoms. The molecule has 4 rings (SSSR count). The number of pyridine rings is 1. The predicted octanol–water partition coefficient (Wildman–Crippen LogP) is 5.33. The van der Waals surface area contributed by atoms with Gasteiger partial charge in [-0.2, -0.15) is 26.3 Å². The molecule has 3 N–H and O–H groups in total. The van der Waals surface area contributed by atoms with Gasteiger partial charge in [-0.1, -0.05) is 6.07 Å². The maximum atomic E-state index is 14.2. The zero-order valence-corrected chi connectivity index (χ0v) is 26.5. The maximum absolute atomic E-state index is 14.2. The summed E-state index contributed by atoms with van der Waals surface area (Å²) < 4.78 is 102. The van der Waals surface area contributed by atoms with E-state index in [0.717, 1.165) is 4.90 Å². The molecule has 256 valence electrons. The smallest absolute Gasteiger partial charge is 0.394 e. The molecule has 0 unspecified atom stereocenters. The molecular weight excluding hydrogens is 633 g/mol. The van der Waals surface area contributed by atoms with Crippen molar-refractivity contribution >= 4 is 17.4 Å². The number of carbonyl (C=O) groups is 1. The first-order valence-corrected chi connectivity index (χ1v) is 15.1. The summed E-state index contributed by atoms with van der Waals surface area (Å²) in [6.07, 6.45) is -8.15. The average Bonchev–Trinajstić information content (AvgIpc) is 3.01. The highest BCUT2D eigenvalue weighted by Crippen LogP contribution is 2.41. The van der Waals surface area contributed by atoms with E-state index in [2.05, 4.69) is 4.98 Å². The van der Waals surface area contributed by atoms with Crippen LogP contribution in [-0.2, 0) is 27.3 Å². The number of aromatic nitrogens is 1. The average molecular weight is 672 g/mol. The van der Waals surface area contributed by atoms with Gasteiger partial charge in [0.05, 0.1) is 54.7 Å². The highest BCUT2D eigenvalue weighted by molar-refractivity contribution is 6.03. The molecule has 1 aliphatic heterocycles. The second kappa shape index (κ2) is 14.2. The Morgan fingerprint density at radius 1 is 1.00 bits per heavy atom. The number of hydrogen-bond acceptors (Lipinski definition) is 5. The maximum Gasteiger partial charge on any atom is 0.416 e. The third-order valence-electron chi connectivity index (χ3n) is 8.40. The molecule has 14 heteroatoms. The van der Waals surface area contributed by atoms with Crippen LogP contribution in [0.5, 0.6) is 0 Å². The number of halogens is 7. The number of alkyl halides is 6. The lowest BCUT2D eigenvalue weighted by molar-refractivity contribution is -0.658. The van der Waals surface area contributed by atoms with Crippen LogP contribution in [0.4, 0.5) is 42.2 Å². The Morgan fingerprint density at radius 2 is 1.64 bits per heavy atom. The number of amides is 1. The van der Waals surface area contributed by atoms with Crippen LogP contribution in [0.2, 0.25) is 0 Å². The van der Waals surface area contributed by atoms with Gasteiger partial charge >= 0.3 is 12.4 Å². The van der Waals surface area contributed by atoms with Gasteiger partial charge in [0, 0.05) is 25.8 Å². The van der Waals surface area contributed by atoms with Gasteiger partial charge in [0.15, 0.2) is 0 Å². The van der Waals surface area contributed by atoms with Gasteiger partial charge in [-0.05, 0) is 80.3 Å². The van der Waals surface area contributed by atoms with Gasteiger partial charge in [-0.15, -0.1) is 0 Å². The topological polar surface area (TPSA) is 82.5 Å². The lowest BCUT2D eigenvalue weighted by Crippen LogP contribution is -2.88. The van der Waals surface area contributed by atoms with Crippen LogP contribution in [0.15, 0.2) is 48.7 Å². The number of benzene rings is 2. The van der Waals surface area contributed by atoms with Crippen molar-refractivity contribution in [2.75, 3.05) is 56.3 Å². The van der Waals surface area contributed by atoms with E-state index < -0.39 is 46.2 Å². The Hall–Kier alpha value is -3.75. The minimum absolute atomic E-state index is 0.0177. The number of rotatable bonds is 6. The van der Waals surface area contributed by atoms with E-state index in [1.54, 1.807) is 13.0 Å². The first kappa shape index (κ1) is 36.1. The van der Waals surface area contributed by atoms with E-state index in [-0.39, 0.29) is 24.4 Å². The molecule has 1 atom stereocenters. The molecule has 1 aliphatic rings. The Labute approximate surface area is 268 Å². The SMILES string of the molecule is Cc1cc(F)ccc1-c1cc(N2CCCOCC[NH2+]C[C@H]2CO)ncc1N(C)C(=O)C(C)(C)c1cc(C(F)(F)F)cc(C(F)(F)F)c1. The number of quaternary nitrogens is 1. The van der Waals surface area contributed by atoms with E-state index in [9.17, 15) is 40.6 Å². The van der Waals surface area contributed by atoms with Gasteiger partial charge in [-0.25, -0.2) is 9.37 Å². The van der Waals surface area contributed by atoms with Crippen molar-refractivity contribution in [3.63, 3.8) is 0 Å². The number of hydrogen-bond donors (Lipinski definition) is 2. The van der Waals surface area contributed by atoms with Crippen molar-refractivity contribution in [1.82, 2.24) is 4.98 Å². The minimum atomic E-state index is -5.09. The molecule has 0 saturated carbocycles. The first-order chi connectivity index (χ1) is 21.9. The highest BCUT2D eigenvalue weighted by atomic mass is 19.4. The van der Waals surface area contributed by atoms with Crippen molar-refractivity contribution in [3.05, 3.63) is 76.7 Å². The van der Waals surface area contributed by atoms with E-state index in [1.807, 2.05) is 10.2 Å². The zero-order valence-electron chi connectivity index (χ0n) is 26.5. The number of aryl methyl sites for hydroxylation is 1. The summed E-state index contributed by atoms with van der Waals surface area (Å²) in [7, 11) is 1.36. The lowest BCUT2D eigenvalue weighted by Gasteiger charge is -2.34. The number of aliphatic hydroxyl groups is 1. The number of ether oxygens (including phenoxy) is 1. The summed E-state index contributed by atoms with van der Waals surface area (Å²) in [5.41, 5.74) is -3.73. The fourth-order valence-corrected chi connectivity index (χ4v) is 5.67. The Morgan fingerprint density at radius 3 is 2.23 bits per heavy atom. The number of likely N-dealkylation sites (N-methyl/N-ethyl adjacent to an activating group) is 1. The number of nitrogens with two attached hydrogens (primary N) is 1. The van der Waals surface area contributed by atoms with Crippen LogP contribution in [0.25, 0.3) is 11.1 Å². The van der Waals surface area contributed by atoms with Crippen LogP contribution in [0.1, 0.15) is 42.5 Å². The molecule has 47 heavy (non-hydrogen) atoms. The summed E-state index contributed by atoms with van der Waals surface area (Å²) in [5, 5.41) is 12.3. The molecule has 2 heterocycles. The molecule has 1 fully saturated rings. The lowest BCUT2D eigenvalue weighted by atomic mass is 9.81. The number of carbonyl (C=O) groups excluding carboxylic acids is 1. The Bertz CT molecular complexity index is 1540. The fourth-order valence-electron chi connectivity index (χ4n) is 5.67. The van der Waals surface area contributed by atoms with E-state index in [0.29, 0.717) is 73.9 Å². The summed E-state index contributed by atoms with van der Waals surface area (Å²) in [4.78, 5) is 21.7. The van der Waals surface area contributed by atoms with E-state index >= 15 is 0 Å². The monoisotopic (exact) mass is 671 g/mol. The standard InChI is InChI=1S/C33H37F7N4O3/c1-20-12-24(34)6-7-26(20)27-16-29(44-9-5-10-47-11-8-41-17-25(44)19-45)42-18-28(27)43(4)30(46)31(2,3)21-13-22(32(35,36)37)15-23(14-21)33(38,39)40/h6-7,12-16,18,25,41,45H,5,8-11,17,19H2,1-4H3/p+1/t25-/m0/s1. The van der Waals surface area contributed by atoms with Gasteiger partial charge in [0.1, 0.15) is 17.7 Å². The first-order valence-electron chi connectivity index (χ1n) is 15.1. The number of nitrogens with zero attached hydrogens (tertiary/aromatic N) is 3. The molecule has 1 saturated heterocycles. The molecule has 3 aromatic rings. The molecule has 1 amide bonds. The van der Waals surface area contributed by atoms with Crippen molar-refractivity contribution in [2.24, 2.45) is 0 Å². The van der Waals surface area contributed by atoms with Gasteiger partial charge in [-0.3, -0.25) is 4.79 Å². The minimum Gasteiger partial charge on any atom is -0.394 e. The van der Waals surface area contributed by atoms with Crippen LogP contribution in [0, 0.1) is 12.7 Å².